The van der Waals surface area contributed by atoms with Crippen molar-refractivity contribution in [2.75, 3.05) is 0 Å². The minimum Gasteiger partial charge on any atom is -0.341 e. The van der Waals surface area contributed by atoms with Crippen LogP contribution in [0.3, 0.4) is 0 Å². The van der Waals surface area contributed by atoms with Crippen LogP contribution in [0.1, 0.15) is 40.2 Å². The number of aromatic amines is 1. The van der Waals surface area contributed by atoms with Gasteiger partial charge in [-0.3, -0.25) is 18.6 Å². The number of nitrogens with zero attached hydrogens (tertiary/aromatic N) is 2. The first-order valence-electron chi connectivity index (χ1n) is 13.4. The minimum atomic E-state index is -3.99. The van der Waals surface area contributed by atoms with Crippen LogP contribution < -0.4 is 9.44 Å². The molecule has 1 unspecified atom stereocenters. The SMILES string of the molecule is N#Cc1ccc2nc([C@H](Cc3ccc(C4CC(=O)NS4(O)O)cc3)NS(=O)(=O)c3ccc(-c4ccccc4)cc3)[nH]c2c1. The number of nitriles is 1. The lowest BCUT2D eigenvalue weighted by molar-refractivity contribution is -0.118. The van der Waals surface area contributed by atoms with E-state index in [1.54, 1.807) is 66.7 Å². The highest BCUT2D eigenvalue weighted by molar-refractivity contribution is 8.23. The normalized spacial score (nSPS) is 17.7. The number of sulfonamides is 1. The molecule has 1 aromatic heterocycles. The molecule has 0 radical (unpaired) electrons. The highest BCUT2D eigenvalue weighted by Crippen LogP contribution is 2.56. The van der Waals surface area contributed by atoms with Gasteiger partial charge in [0.2, 0.25) is 15.9 Å². The van der Waals surface area contributed by atoms with E-state index in [1.807, 2.05) is 30.3 Å². The van der Waals surface area contributed by atoms with Crippen molar-refractivity contribution in [2.24, 2.45) is 0 Å². The Morgan fingerprint density at radius 1 is 0.977 bits per heavy atom. The van der Waals surface area contributed by atoms with Crippen molar-refractivity contribution in [1.82, 2.24) is 19.4 Å². The number of imidazole rings is 1. The summed E-state index contributed by atoms with van der Waals surface area (Å²) in [7, 11) is -7.28. The quantitative estimate of drug-likeness (QED) is 0.152. The van der Waals surface area contributed by atoms with E-state index in [9.17, 15) is 27.6 Å². The summed E-state index contributed by atoms with van der Waals surface area (Å²) in [5, 5.41) is 8.54. The summed E-state index contributed by atoms with van der Waals surface area (Å²) in [4.78, 5) is 19.7. The molecule has 5 aromatic rings. The van der Waals surface area contributed by atoms with E-state index in [4.69, 9.17) is 0 Å². The van der Waals surface area contributed by atoms with Crippen LogP contribution in [0.25, 0.3) is 22.2 Å². The Balaban J connectivity index is 1.30. The van der Waals surface area contributed by atoms with E-state index < -0.39 is 38.0 Å². The number of hydrogen-bond acceptors (Lipinski definition) is 7. The third kappa shape index (κ3) is 6.03. The van der Waals surface area contributed by atoms with Crippen molar-refractivity contribution < 1.29 is 22.3 Å². The molecule has 1 amide bonds. The number of carbonyl (C=O) groups excluding carboxylic acids is 1. The fraction of sp³-hybridized carbons (Fsp3) is 0.129. The fourth-order valence-corrected chi connectivity index (χ4v) is 7.83. The molecule has 1 aliphatic rings. The Morgan fingerprint density at radius 3 is 2.33 bits per heavy atom. The van der Waals surface area contributed by atoms with Gasteiger partial charge < -0.3 is 4.98 Å². The van der Waals surface area contributed by atoms with Crippen LogP contribution in [0.2, 0.25) is 0 Å². The molecule has 0 saturated carbocycles. The molecule has 218 valence electrons. The first-order chi connectivity index (χ1) is 20.6. The molecule has 0 bridgehead atoms. The van der Waals surface area contributed by atoms with Gasteiger partial charge in [0.1, 0.15) is 11.1 Å². The first-order valence-corrected chi connectivity index (χ1v) is 16.4. The second-order valence-corrected chi connectivity index (χ2v) is 14.0. The Bertz CT molecular complexity index is 1950. The van der Waals surface area contributed by atoms with Gasteiger partial charge in [0.25, 0.3) is 0 Å². The smallest absolute Gasteiger partial charge is 0.241 e. The van der Waals surface area contributed by atoms with Crippen LogP contribution in [0.5, 0.6) is 0 Å². The van der Waals surface area contributed by atoms with E-state index in [0.29, 0.717) is 28.0 Å². The van der Waals surface area contributed by atoms with Crippen LogP contribution in [-0.4, -0.2) is 33.4 Å². The van der Waals surface area contributed by atoms with Gasteiger partial charge in [-0.25, -0.2) is 18.1 Å². The number of amides is 1. The highest BCUT2D eigenvalue weighted by Gasteiger charge is 2.38. The number of carbonyl (C=O) groups is 1. The number of rotatable bonds is 8. The number of nitrogens with one attached hydrogen (secondary N) is 3. The van der Waals surface area contributed by atoms with Crippen molar-refractivity contribution in [2.45, 2.75) is 29.0 Å². The number of fused-ring (bicyclic) bond motifs is 1. The topological polar surface area (TPSA) is 168 Å². The summed E-state index contributed by atoms with van der Waals surface area (Å²) in [6, 6.07) is 29.5. The van der Waals surface area contributed by atoms with E-state index >= 15 is 0 Å². The summed E-state index contributed by atoms with van der Waals surface area (Å²) < 4.78 is 52.8. The third-order valence-electron chi connectivity index (χ3n) is 7.35. The molecule has 12 heteroatoms. The van der Waals surface area contributed by atoms with Crippen LogP contribution >= 0.6 is 10.8 Å². The predicted molar refractivity (Wildman–Crippen MR) is 164 cm³/mol. The zero-order chi connectivity index (χ0) is 30.2. The Hall–Kier alpha value is -4.51. The van der Waals surface area contributed by atoms with E-state index in [0.717, 1.165) is 16.7 Å². The summed E-state index contributed by atoms with van der Waals surface area (Å²) in [6.45, 7) is 0. The molecule has 6 rings (SSSR count). The highest BCUT2D eigenvalue weighted by atomic mass is 32.3. The average molecular weight is 614 g/mol. The molecule has 4 aromatic carbocycles. The second kappa shape index (κ2) is 11.3. The lowest BCUT2D eigenvalue weighted by Crippen LogP contribution is -2.31. The lowest BCUT2D eigenvalue weighted by Gasteiger charge is -2.32. The molecular weight excluding hydrogens is 587 g/mol. The van der Waals surface area contributed by atoms with Gasteiger partial charge in [-0.05, 0) is 59.0 Å². The molecule has 1 aliphatic heterocycles. The van der Waals surface area contributed by atoms with Gasteiger partial charge in [0, 0.05) is 0 Å². The van der Waals surface area contributed by atoms with Gasteiger partial charge in [-0.15, -0.1) is 10.8 Å². The maximum atomic E-state index is 13.6. The standard InChI is InChI=1S/C31H27N5O5S2/c32-19-21-8-15-26-27(17-21)34-31(33-26)28(16-20-6-9-24(10-7-20)29-18-30(37)36-43(29,40)41)35-42(38,39)25-13-11-23(12-14-25)22-4-2-1-3-5-22/h1-15,17,28-29,35,40-41H,16,18H2,(H,33,34)(H,36,37)/t28-,29?/m0/s1. The maximum Gasteiger partial charge on any atom is 0.241 e. The number of benzene rings is 4. The molecule has 0 aliphatic carbocycles. The molecule has 1 saturated heterocycles. The molecular formula is C31H27N5O5S2. The van der Waals surface area contributed by atoms with Gasteiger partial charge in [-0.1, -0.05) is 66.7 Å². The zero-order valence-corrected chi connectivity index (χ0v) is 24.3. The van der Waals surface area contributed by atoms with Gasteiger partial charge in [0.05, 0.1) is 40.0 Å². The van der Waals surface area contributed by atoms with Crippen LogP contribution in [0.4, 0.5) is 0 Å². The largest absolute Gasteiger partial charge is 0.341 e. The first kappa shape index (κ1) is 28.6. The number of aromatic nitrogens is 2. The monoisotopic (exact) mass is 613 g/mol. The van der Waals surface area contributed by atoms with Crippen LogP contribution in [-0.2, 0) is 21.2 Å². The lowest BCUT2D eigenvalue weighted by atomic mass is 10.0. The van der Waals surface area contributed by atoms with Gasteiger partial charge in [-0.2, -0.15) is 5.26 Å². The van der Waals surface area contributed by atoms with Crippen molar-refractivity contribution in [3.05, 3.63) is 120 Å². The summed E-state index contributed by atoms with van der Waals surface area (Å²) in [5.41, 5.74) is 4.83. The van der Waals surface area contributed by atoms with Crippen molar-refractivity contribution in [3.8, 4) is 17.2 Å². The molecule has 0 spiro atoms. The molecule has 10 nitrogen and oxygen atoms in total. The van der Waals surface area contributed by atoms with E-state index in [1.165, 1.54) is 0 Å². The number of H-pyrrole nitrogens is 1. The minimum absolute atomic E-state index is 0.0309. The zero-order valence-electron chi connectivity index (χ0n) is 22.6. The molecule has 2 atom stereocenters. The van der Waals surface area contributed by atoms with Crippen molar-refractivity contribution >= 4 is 37.7 Å². The molecule has 1 fully saturated rings. The maximum absolute atomic E-state index is 13.6. The van der Waals surface area contributed by atoms with Gasteiger partial charge in [0.15, 0.2) is 0 Å². The molecule has 5 N–H and O–H groups in total. The predicted octanol–water partition coefficient (Wildman–Crippen LogP) is 5.59. The Labute approximate surface area is 250 Å². The van der Waals surface area contributed by atoms with Crippen LogP contribution in [0, 0.1) is 11.3 Å². The third-order valence-corrected chi connectivity index (χ3v) is 10.6. The van der Waals surface area contributed by atoms with Gasteiger partial charge >= 0.3 is 0 Å². The second-order valence-electron chi connectivity index (χ2n) is 10.3. The average Bonchev–Trinajstić information content (AvgIpc) is 3.56. The summed E-state index contributed by atoms with van der Waals surface area (Å²) >= 11 is 0. The Kier molecular flexibility index (Phi) is 7.51. The summed E-state index contributed by atoms with van der Waals surface area (Å²) in [6.07, 6.45) is 0.182. The fourth-order valence-electron chi connectivity index (χ4n) is 5.15. The van der Waals surface area contributed by atoms with Crippen LogP contribution in [0.15, 0.2) is 102 Å². The number of hydrogen-bond donors (Lipinski definition) is 5. The molecule has 2 heterocycles. The van der Waals surface area contributed by atoms with Crippen molar-refractivity contribution in [1.29, 1.82) is 5.26 Å². The molecule has 43 heavy (non-hydrogen) atoms. The Morgan fingerprint density at radius 2 is 1.67 bits per heavy atom. The van der Waals surface area contributed by atoms with Crippen molar-refractivity contribution in [3.63, 3.8) is 0 Å². The summed E-state index contributed by atoms with van der Waals surface area (Å²) in [5.74, 6) is -0.0526. The van der Waals surface area contributed by atoms with E-state index in [2.05, 4.69) is 25.5 Å². The van der Waals surface area contributed by atoms with E-state index in [-0.39, 0.29) is 17.7 Å².